The van der Waals surface area contributed by atoms with E-state index in [1.807, 2.05) is 48.7 Å². The number of anilines is 1. The highest BCUT2D eigenvalue weighted by atomic mass is 32.1. The van der Waals surface area contributed by atoms with Crippen LogP contribution in [0.15, 0.2) is 60.8 Å². The smallest absolute Gasteiger partial charge is 0.233 e. The van der Waals surface area contributed by atoms with Crippen molar-refractivity contribution in [3.8, 4) is 5.75 Å². The van der Waals surface area contributed by atoms with Crippen LogP contribution in [0.1, 0.15) is 16.0 Å². The van der Waals surface area contributed by atoms with Crippen LogP contribution >= 0.6 is 11.3 Å². The second-order valence-electron chi connectivity index (χ2n) is 6.10. The van der Waals surface area contributed by atoms with E-state index in [1.54, 1.807) is 0 Å². The van der Waals surface area contributed by atoms with E-state index in [4.69, 9.17) is 4.74 Å². The monoisotopic (exact) mass is 350 g/mol. The predicted octanol–water partition coefficient (Wildman–Crippen LogP) is 3.92. The van der Waals surface area contributed by atoms with Crippen LogP contribution in [-0.2, 0) is 17.6 Å². The van der Waals surface area contributed by atoms with E-state index in [9.17, 15) is 4.79 Å². The van der Waals surface area contributed by atoms with E-state index in [0.29, 0.717) is 18.2 Å². The molecule has 4 nitrogen and oxygen atoms in total. The van der Waals surface area contributed by atoms with E-state index < -0.39 is 0 Å². The van der Waals surface area contributed by atoms with E-state index in [2.05, 4.69) is 22.4 Å². The lowest BCUT2D eigenvalue weighted by molar-refractivity contribution is -0.121. The van der Waals surface area contributed by atoms with Crippen LogP contribution < -0.4 is 10.1 Å². The Kier molecular flexibility index (Phi) is 4.48. The predicted molar refractivity (Wildman–Crippen MR) is 99.1 cm³/mol. The number of rotatable bonds is 4. The summed E-state index contributed by atoms with van der Waals surface area (Å²) in [6.45, 7) is 0.408. The van der Waals surface area contributed by atoms with Gasteiger partial charge in [-0.25, -0.2) is 4.98 Å². The highest BCUT2D eigenvalue weighted by Gasteiger charge is 2.26. The lowest BCUT2D eigenvalue weighted by Gasteiger charge is -2.24. The minimum Gasteiger partial charge on any atom is -0.492 e. The average molecular weight is 350 g/mol. The summed E-state index contributed by atoms with van der Waals surface area (Å²) in [5.74, 6) is 0.664. The molecule has 1 aliphatic heterocycles. The van der Waals surface area contributed by atoms with Crippen molar-refractivity contribution in [2.75, 3.05) is 11.9 Å². The van der Waals surface area contributed by atoms with Gasteiger partial charge in [-0.2, -0.15) is 0 Å². The quantitative estimate of drug-likeness (QED) is 0.776. The Bertz CT molecular complexity index is 876. The molecule has 1 atom stereocenters. The maximum atomic E-state index is 12.5. The minimum absolute atomic E-state index is 0.0323. The lowest BCUT2D eigenvalue weighted by atomic mass is 9.96. The Morgan fingerprint density at radius 3 is 2.84 bits per heavy atom. The topological polar surface area (TPSA) is 51.2 Å². The van der Waals surface area contributed by atoms with E-state index in [1.165, 1.54) is 16.9 Å². The molecule has 0 radical (unpaired) electrons. The fourth-order valence-electron chi connectivity index (χ4n) is 2.95. The second-order valence-corrected chi connectivity index (χ2v) is 7.22. The molecule has 0 bridgehead atoms. The Morgan fingerprint density at radius 2 is 1.96 bits per heavy atom. The summed E-state index contributed by atoms with van der Waals surface area (Å²) in [6.07, 6.45) is 3.36. The number of nitrogens with zero attached hydrogens (tertiary/aromatic N) is 1. The van der Waals surface area contributed by atoms with Gasteiger partial charge in [0, 0.05) is 17.5 Å². The molecule has 1 aromatic heterocycles. The number of ether oxygens (including phenoxy) is 1. The van der Waals surface area contributed by atoms with Crippen LogP contribution in [0.2, 0.25) is 0 Å². The van der Waals surface area contributed by atoms with Crippen LogP contribution in [0.3, 0.4) is 0 Å². The van der Waals surface area contributed by atoms with Gasteiger partial charge in [-0.1, -0.05) is 48.5 Å². The summed E-state index contributed by atoms with van der Waals surface area (Å²) >= 11 is 1.52. The zero-order chi connectivity index (χ0) is 17.1. The molecule has 25 heavy (non-hydrogen) atoms. The van der Waals surface area contributed by atoms with Gasteiger partial charge in [-0.05, 0) is 23.6 Å². The number of benzene rings is 2. The summed E-state index contributed by atoms with van der Waals surface area (Å²) < 4.78 is 5.70. The highest BCUT2D eigenvalue weighted by Crippen LogP contribution is 2.28. The minimum atomic E-state index is -0.184. The number of carbonyl (C=O) groups excluding carboxylic acids is 1. The number of hydrogen-bond acceptors (Lipinski definition) is 4. The molecule has 1 N–H and O–H groups in total. The summed E-state index contributed by atoms with van der Waals surface area (Å²) in [4.78, 5) is 18.0. The van der Waals surface area contributed by atoms with Crippen molar-refractivity contribution in [1.82, 2.24) is 4.98 Å². The zero-order valence-corrected chi connectivity index (χ0v) is 14.5. The molecule has 4 rings (SSSR count). The Balaban J connectivity index is 1.39. The molecule has 1 amide bonds. The number of amides is 1. The van der Waals surface area contributed by atoms with Crippen molar-refractivity contribution in [2.45, 2.75) is 12.8 Å². The molecule has 0 spiro atoms. The molecular formula is C20H18N2O2S. The molecule has 5 heteroatoms. The average Bonchev–Trinajstić information content (AvgIpc) is 3.09. The van der Waals surface area contributed by atoms with Gasteiger partial charge >= 0.3 is 0 Å². The number of hydrogen-bond donors (Lipinski definition) is 1. The first kappa shape index (κ1) is 15.8. The number of fused-ring (bicyclic) bond motifs is 1. The van der Waals surface area contributed by atoms with Gasteiger partial charge in [0.2, 0.25) is 5.91 Å². The molecule has 3 aromatic rings. The summed E-state index contributed by atoms with van der Waals surface area (Å²) in [5.41, 5.74) is 2.32. The van der Waals surface area contributed by atoms with Gasteiger partial charge in [0.25, 0.3) is 0 Å². The summed E-state index contributed by atoms with van der Waals surface area (Å²) in [5, 5.41) is 3.59. The van der Waals surface area contributed by atoms with Crippen LogP contribution in [0.4, 0.5) is 5.13 Å². The van der Waals surface area contributed by atoms with Crippen LogP contribution in [0.5, 0.6) is 5.75 Å². The molecule has 0 unspecified atom stereocenters. The largest absolute Gasteiger partial charge is 0.492 e. The zero-order valence-electron chi connectivity index (χ0n) is 13.6. The SMILES string of the molecule is O=C(Nc1ncc(Cc2ccccc2)s1)[C@@H]1COc2ccccc2C1. The first-order chi connectivity index (χ1) is 12.3. The number of para-hydroxylation sites is 1. The van der Waals surface area contributed by atoms with Crippen LogP contribution in [0, 0.1) is 5.92 Å². The van der Waals surface area contributed by atoms with Gasteiger partial charge in [-0.3, -0.25) is 4.79 Å². The third-order valence-electron chi connectivity index (χ3n) is 4.25. The number of aromatic nitrogens is 1. The van der Waals surface area contributed by atoms with Crippen molar-refractivity contribution in [1.29, 1.82) is 0 Å². The highest BCUT2D eigenvalue weighted by molar-refractivity contribution is 7.15. The number of thiazole rings is 1. The fourth-order valence-corrected chi connectivity index (χ4v) is 3.80. The third-order valence-corrected chi connectivity index (χ3v) is 5.17. The van der Waals surface area contributed by atoms with Crippen molar-refractivity contribution < 1.29 is 9.53 Å². The van der Waals surface area contributed by atoms with Gasteiger partial charge in [0.05, 0.1) is 5.92 Å². The normalized spacial score (nSPS) is 15.9. The standard InChI is InChI=1S/C20H18N2O2S/c23-19(16-11-15-8-4-5-9-18(15)24-13-16)22-20-21-12-17(25-20)10-14-6-2-1-3-7-14/h1-9,12,16H,10-11,13H2,(H,21,22,23)/t16-/m0/s1. The molecule has 0 saturated carbocycles. The van der Waals surface area contributed by atoms with Crippen molar-refractivity contribution in [2.24, 2.45) is 5.92 Å². The van der Waals surface area contributed by atoms with E-state index in [-0.39, 0.29) is 11.8 Å². The first-order valence-corrected chi connectivity index (χ1v) is 9.10. The van der Waals surface area contributed by atoms with Gasteiger partial charge in [-0.15, -0.1) is 11.3 Å². The number of nitrogens with one attached hydrogen (secondary N) is 1. The molecule has 0 saturated heterocycles. The van der Waals surface area contributed by atoms with E-state index >= 15 is 0 Å². The molecular weight excluding hydrogens is 332 g/mol. The van der Waals surface area contributed by atoms with Crippen LogP contribution in [-0.4, -0.2) is 17.5 Å². The van der Waals surface area contributed by atoms with Crippen molar-refractivity contribution in [3.63, 3.8) is 0 Å². The maximum Gasteiger partial charge on any atom is 0.233 e. The first-order valence-electron chi connectivity index (χ1n) is 8.28. The third kappa shape index (κ3) is 3.72. The van der Waals surface area contributed by atoms with Gasteiger partial charge in [0.15, 0.2) is 5.13 Å². The molecule has 126 valence electrons. The van der Waals surface area contributed by atoms with Crippen LogP contribution in [0.25, 0.3) is 0 Å². The molecule has 0 aliphatic carbocycles. The Hall–Kier alpha value is -2.66. The molecule has 2 heterocycles. The Labute approximate surface area is 150 Å². The van der Waals surface area contributed by atoms with E-state index in [0.717, 1.165) is 22.6 Å². The molecule has 1 aliphatic rings. The fraction of sp³-hybridized carbons (Fsp3) is 0.200. The molecule has 2 aromatic carbocycles. The molecule has 0 fully saturated rings. The van der Waals surface area contributed by atoms with Crippen molar-refractivity contribution >= 4 is 22.4 Å². The summed E-state index contributed by atoms with van der Waals surface area (Å²) in [7, 11) is 0. The van der Waals surface area contributed by atoms with Gasteiger partial charge in [0.1, 0.15) is 12.4 Å². The maximum absolute atomic E-state index is 12.5. The second kappa shape index (κ2) is 7.07. The van der Waals surface area contributed by atoms with Crippen molar-refractivity contribution in [3.05, 3.63) is 76.8 Å². The summed E-state index contributed by atoms with van der Waals surface area (Å²) in [6, 6.07) is 18.1. The lowest BCUT2D eigenvalue weighted by Crippen LogP contribution is -2.32. The Morgan fingerprint density at radius 1 is 1.16 bits per heavy atom. The number of carbonyl (C=O) groups is 1. The van der Waals surface area contributed by atoms with Gasteiger partial charge < -0.3 is 10.1 Å².